The predicted octanol–water partition coefficient (Wildman–Crippen LogP) is 4.21. The number of carbonyl (C=O) groups excluding carboxylic acids is 1. The Balaban J connectivity index is 2.28. The van der Waals surface area contributed by atoms with Gasteiger partial charge >= 0.3 is 0 Å². The maximum Gasteiger partial charge on any atom is 0.258 e. The molecule has 0 saturated carbocycles. The summed E-state index contributed by atoms with van der Waals surface area (Å²) in [5, 5.41) is 0. The number of carbonyl (C=O) groups is 1. The molecule has 3 heteroatoms. The molecule has 2 nitrogen and oxygen atoms in total. The van der Waals surface area contributed by atoms with Crippen LogP contribution in [0.2, 0.25) is 0 Å². The van der Waals surface area contributed by atoms with Gasteiger partial charge in [-0.05, 0) is 52.4 Å². The van der Waals surface area contributed by atoms with Crippen LogP contribution in [-0.4, -0.2) is 13.0 Å². The summed E-state index contributed by atoms with van der Waals surface area (Å²) in [4.78, 5) is 14.1. The topological polar surface area (TPSA) is 20.3 Å². The quantitative estimate of drug-likeness (QED) is 0.749. The van der Waals surface area contributed by atoms with E-state index >= 15 is 0 Å². The van der Waals surface area contributed by atoms with Gasteiger partial charge in [0.25, 0.3) is 5.91 Å². The zero-order valence-corrected chi connectivity index (χ0v) is 12.8. The van der Waals surface area contributed by atoms with Crippen LogP contribution >= 0.6 is 22.6 Å². The minimum absolute atomic E-state index is 0.0141. The van der Waals surface area contributed by atoms with Crippen molar-refractivity contribution in [3.8, 4) is 0 Å². The smallest absolute Gasteiger partial charge is 0.258 e. The Morgan fingerprint density at radius 3 is 2.37 bits per heavy atom. The predicted molar refractivity (Wildman–Crippen MR) is 88.4 cm³/mol. The molecule has 0 N–H and O–H groups in total. The molecule has 0 bridgehead atoms. The van der Waals surface area contributed by atoms with Crippen molar-refractivity contribution in [3.63, 3.8) is 0 Å². The minimum Gasteiger partial charge on any atom is -0.310 e. The number of rotatable bonds is 3. The van der Waals surface area contributed by atoms with E-state index in [2.05, 4.69) is 29.2 Å². The first-order valence-electron chi connectivity index (χ1n) is 5.88. The number of benzene rings is 2. The number of hydrogen-bond donors (Lipinski definition) is 0. The lowest BCUT2D eigenvalue weighted by molar-refractivity contribution is 0.0993. The molecule has 0 spiro atoms. The second-order valence-corrected chi connectivity index (χ2v) is 5.30. The summed E-state index contributed by atoms with van der Waals surface area (Å²) < 4.78 is 1.05. The van der Waals surface area contributed by atoms with Crippen molar-refractivity contribution in [3.05, 3.63) is 69.8 Å². The third-order valence-electron chi connectivity index (χ3n) is 2.91. The van der Waals surface area contributed by atoms with Crippen molar-refractivity contribution in [1.82, 2.24) is 0 Å². The average Bonchev–Trinajstić information content (AvgIpc) is 2.46. The number of para-hydroxylation sites is 1. The fourth-order valence-electron chi connectivity index (χ4n) is 1.79. The van der Waals surface area contributed by atoms with Crippen LogP contribution in [-0.2, 0) is 0 Å². The van der Waals surface area contributed by atoms with Crippen LogP contribution in [0, 0.1) is 3.57 Å². The molecular formula is C16H14INO. The SMILES string of the molecule is C=Cc1ccc(C(=O)N(C)c2ccccc2I)cc1. The highest BCUT2D eigenvalue weighted by Crippen LogP contribution is 2.22. The van der Waals surface area contributed by atoms with E-state index in [-0.39, 0.29) is 5.91 Å². The van der Waals surface area contributed by atoms with E-state index in [9.17, 15) is 4.79 Å². The van der Waals surface area contributed by atoms with Crippen molar-refractivity contribution in [2.45, 2.75) is 0 Å². The summed E-state index contributed by atoms with van der Waals surface area (Å²) in [7, 11) is 1.79. The molecule has 0 radical (unpaired) electrons. The molecule has 0 atom stereocenters. The third-order valence-corrected chi connectivity index (χ3v) is 3.82. The molecule has 19 heavy (non-hydrogen) atoms. The lowest BCUT2D eigenvalue weighted by Gasteiger charge is -2.18. The molecule has 0 heterocycles. The van der Waals surface area contributed by atoms with Gasteiger partial charge in [0.15, 0.2) is 0 Å². The Bertz CT molecular complexity index is 604. The van der Waals surface area contributed by atoms with Crippen LogP contribution in [0.15, 0.2) is 55.1 Å². The van der Waals surface area contributed by atoms with Crippen molar-refractivity contribution in [2.75, 3.05) is 11.9 Å². The van der Waals surface area contributed by atoms with E-state index in [0.717, 1.165) is 14.8 Å². The van der Waals surface area contributed by atoms with Crippen LogP contribution in [0.1, 0.15) is 15.9 Å². The average molecular weight is 363 g/mol. The largest absolute Gasteiger partial charge is 0.310 e. The zero-order chi connectivity index (χ0) is 13.8. The van der Waals surface area contributed by atoms with Gasteiger partial charge in [-0.2, -0.15) is 0 Å². The second-order valence-electron chi connectivity index (χ2n) is 4.14. The standard InChI is InChI=1S/C16H14INO/c1-3-12-8-10-13(11-9-12)16(19)18(2)15-7-5-4-6-14(15)17/h3-11H,1H2,2H3. The Morgan fingerprint density at radius 1 is 1.16 bits per heavy atom. The number of nitrogens with zero attached hydrogens (tertiary/aromatic N) is 1. The number of amides is 1. The van der Waals surface area contributed by atoms with E-state index in [0.29, 0.717) is 5.56 Å². The van der Waals surface area contributed by atoms with Gasteiger partial charge in [0.2, 0.25) is 0 Å². The molecule has 1 amide bonds. The molecule has 2 aromatic carbocycles. The van der Waals surface area contributed by atoms with E-state index in [1.807, 2.05) is 48.5 Å². The Kier molecular flexibility index (Phi) is 4.37. The van der Waals surface area contributed by atoms with Gasteiger partial charge in [-0.1, -0.05) is 36.9 Å². The van der Waals surface area contributed by atoms with Crippen LogP contribution < -0.4 is 4.90 Å². The fourth-order valence-corrected chi connectivity index (χ4v) is 2.54. The van der Waals surface area contributed by atoms with Crippen molar-refractivity contribution in [2.24, 2.45) is 0 Å². The first kappa shape index (κ1) is 13.8. The normalized spacial score (nSPS) is 10.0. The molecule has 2 rings (SSSR count). The summed E-state index contributed by atoms with van der Waals surface area (Å²) in [6.45, 7) is 3.70. The van der Waals surface area contributed by atoms with E-state index in [4.69, 9.17) is 0 Å². The zero-order valence-electron chi connectivity index (χ0n) is 10.6. The number of anilines is 1. The first-order chi connectivity index (χ1) is 9.13. The highest BCUT2D eigenvalue weighted by Gasteiger charge is 2.14. The highest BCUT2D eigenvalue weighted by atomic mass is 127. The first-order valence-corrected chi connectivity index (χ1v) is 6.96. The van der Waals surface area contributed by atoms with E-state index in [1.54, 1.807) is 18.0 Å². The van der Waals surface area contributed by atoms with Crippen LogP contribution in [0.3, 0.4) is 0 Å². The molecule has 0 saturated heterocycles. The molecular weight excluding hydrogens is 349 g/mol. The molecule has 0 aliphatic rings. The molecule has 0 aromatic heterocycles. The molecule has 0 fully saturated rings. The van der Waals surface area contributed by atoms with Gasteiger partial charge in [0, 0.05) is 16.2 Å². The molecule has 2 aromatic rings. The summed E-state index contributed by atoms with van der Waals surface area (Å²) in [5.74, 6) is -0.0141. The third kappa shape index (κ3) is 3.04. The Morgan fingerprint density at radius 2 is 1.79 bits per heavy atom. The van der Waals surface area contributed by atoms with Crippen molar-refractivity contribution >= 4 is 40.3 Å². The second kappa shape index (κ2) is 6.02. The molecule has 0 aliphatic carbocycles. The Labute approximate surface area is 126 Å². The Hall–Kier alpha value is -1.62. The van der Waals surface area contributed by atoms with Gasteiger partial charge in [-0.3, -0.25) is 4.79 Å². The maximum absolute atomic E-state index is 12.4. The van der Waals surface area contributed by atoms with Gasteiger partial charge in [-0.25, -0.2) is 0 Å². The fraction of sp³-hybridized carbons (Fsp3) is 0.0625. The summed E-state index contributed by atoms with van der Waals surface area (Å²) >= 11 is 2.23. The summed E-state index contributed by atoms with van der Waals surface area (Å²) in [6.07, 6.45) is 1.76. The van der Waals surface area contributed by atoms with Crippen LogP contribution in [0.25, 0.3) is 6.08 Å². The van der Waals surface area contributed by atoms with Gasteiger partial charge in [0.1, 0.15) is 0 Å². The van der Waals surface area contributed by atoms with Gasteiger partial charge < -0.3 is 4.90 Å². The summed E-state index contributed by atoms with van der Waals surface area (Å²) in [5.41, 5.74) is 2.60. The lowest BCUT2D eigenvalue weighted by Crippen LogP contribution is -2.26. The molecule has 0 unspecified atom stereocenters. The van der Waals surface area contributed by atoms with Crippen molar-refractivity contribution < 1.29 is 4.79 Å². The number of hydrogen-bond acceptors (Lipinski definition) is 1. The van der Waals surface area contributed by atoms with Gasteiger partial charge in [-0.15, -0.1) is 0 Å². The van der Waals surface area contributed by atoms with Crippen molar-refractivity contribution in [1.29, 1.82) is 0 Å². The van der Waals surface area contributed by atoms with Crippen LogP contribution in [0.4, 0.5) is 5.69 Å². The molecule has 0 aliphatic heterocycles. The summed E-state index contributed by atoms with van der Waals surface area (Å²) in [6, 6.07) is 15.3. The van der Waals surface area contributed by atoms with E-state index in [1.165, 1.54) is 0 Å². The molecule has 96 valence electrons. The lowest BCUT2D eigenvalue weighted by atomic mass is 10.1. The highest BCUT2D eigenvalue weighted by molar-refractivity contribution is 14.1. The van der Waals surface area contributed by atoms with Crippen LogP contribution in [0.5, 0.6) is 0 Å². The maximum atomic E-state index is 12.4. The monoisotopic (exact) mass is 363 g/mol. The number of halogens is 1. The minimum atomic E-state index is -0.0141. The van der Waals surface area contributed by atoms with Gasteiger partial charge in [0.05, 0.1) is 5.69 Å². The van der Waals surface area contributed by atoms with E-state index < -0.39 is 0 Å².